The Morgan fingerprint density at radius 2 is 1.70 bits per heavy atom. The number of carbonyl (C=O) groups excluding carboxylic acids is 2. The van der Waals surface area contributed by atoms with Gasteiger partial charge in [0.2, 0.25) is 0 Å². The van der Waals surface area contributed by atoms with E-state index in [1.165, 1.54) is 6.42 Å². The molecule has 134 valence electrons. The van der Waals surface area contributed by atoms with Crippen molar-refractivity contribution in [3.05, 3.63) is 0 Å². The molecule has 0 spiro atoms. The highest BCUT2D eigenvalue weighted by Crippen LogP contribution is 2.17. The third-order valence-electron chi connectivity index (χ3n) is 3.64. The first kappa shape index (κ1) is 19.6. The summed E-state index contributed by atoms with van der Waals surface area (Å²) in [6.07, 6.45) is 5.33. The van der Waals surface area contributed by atoms with Crippen molar-refractivity contribution in [3.8, 4) is 0 Å². The summed E-state index contributed by atoms with van der Waals surface area (Å²) in [7, 11) is 0. The Morgan fingerprint density at radius 3 is 2.22 bits per heavy atom. The molecule has 6 heteroatoms. The quantitative estimate of drug-likeness (QED) is 0.676. The molecule has 0 heterocycles. The van der Waals surface area contributed by atoms with Crippen LogP contribution in [0.25, 0.3) is 0 Å². The molecule has 0 aromatic heterocycles. The van der Waals surface area contributed by atoms with Crippen molar-refractivity contribution in [3.63, 3.8) is 0 Å². The van der Waals surface area contributed by atoms with Gasteiger partial charge in [0.25, 0.3) is 0 Å². The highest BCUT2D eigenvalue weighted by molar-refractivity contribution is 5.75. The van der Waals surface area contributed by atoms with Crippen LogP contribution in [0.3, 0.4) is 0 Å². The molecule has 0 aliphatic heterocycles. The number of hydrogen-bond acceptors (Lipinski definition) is 3. The SMILES string of the molecule is CC(C)CC(NC(=O)NC1CCCCC1)NC(=O)OC(C)(C)C. The van der Waals surface area contributed by atoms with Crippen LogP contribution in [0.2, 0.25) is 0 Å². The highest BCUT2D eigenvalue weighted by Gasteiger charge is 2.22. The van der Waals surface area contributed by atoms with E-state index in [-0.39, 0.29) is 12.1 Å². The predicted octanol–water partition coefficient (Wildman–Crippen LogP) is 3.52. The summed E-state index contributed by atoms with van der Waals surface area (Å²) >= 11 is 0. The molecule has 0 aromatic rings. The number of ether oxygens (including phenoxy) is 1. The first-order valence-corrected chi connectivity index (χ1v) is 8.72. The smallest absolute Gasteiger partial charge is 0.409 e. The minimum Gasteiger partial charge on any atom is -0.444 e. The van der Waals surface area contributed by atoms with E-state index >= 15 is 0 Å². The fourth-order valence-electron chi connectivity index (χ4n) is 2.71. The van der Waals surface area contributed by atoms with Gasteiger partial charge in [0.05, 0.1) is 0 Å². The Bertz CT molecular complexity index is 385. The van der Waals surface area contributed by atoms with Gasteiger partial charge in [0.15, 0.2) is 0 Å². The molecule has 0 saturated heterocycles. The van der Waals surface area contributed by atoms with E-state index in [0.717, 1.165) is 25.7 Å². The summed E-state index contributed by atoms with van der Waals surface area (Å²) in [6.45, 7) is 9.53. The fraction of sp³-hybridized carbons (Fsp3) is 0.882. The van der Waals surface area contributed by atoms with E-state index in [9.17, 15) is 9.59 Å². The predicted molar refractivity (Wildman–Crippen MR) is 91.2 cm³/mol. The van der Waals surface area contributed by atoms with E-state index in [1.807, 2.05) is 34.6 Å². The lowest BCUT2D eigenvalue weighted by Crippen LogP contribution is -2.54. The summed E-state index contributed by atoms with van der Waals surface area (Å²) in [6, 6.07) is 0.0172. The van der Waals surface area contributed by atoms with E-state index in [4.69, 9.17) is 4.74 Å². The normalized spacial score (nSPS) is 17.5. The van der Waals surface area contributed by atoms with Gasteiger partial charge in [-0.3, -0.25) is 0 Å². The maximum absolute atomic E-state index is 12.2. The number of hydrogen-bond donors (Lipinski definition) is 3. The monoisotopic (exact) mass is 327 g/mol. The Kier molecular flexibility index (Phi) is 7.65. The highest BCUT2D eigenvalue weighted by atomic mass is 16.6. The van der Waals surface area contributed by atoms with Gasteiger partial charge >= 0.3 is 12.1 Å². The molecule has 0 radical (unpaired) electrons. The lowest BCUT2D eigenvalue weighted by molar-refractivity contribution is 0.0492. The summed E-state index contributed by atoms with van der Waals surface area (Å²) in [5.41, 5.74) is -0.559. The van der Waals surface area contributed by atoms with Crippen molar-refractivity contribution < 1.29 is 14.3 Å². The van der Waals surface area contributed by atoms with Crippen molar-refractivity contribution in [2.45, 2.75) is 91.0 Å². The summed E-state index contributed by atoms with van der Waals surface area (Å²) < 4.78 is 5.26. The van der Waals surface area contributed by atoms with E-state index < -0.39 is 17.9 Å². The van der Waals surface area contributed by atoms with Crippen molar-refractivity contribution >= 4 is 12.1 Å². The van der Waals surface area contributed by atoms with Gasteiger partial charge in [-0.05, 0) is 46.0 Å². The Balaban J connectivity index is 2.49. The van der Waals surface area contributed by atoms with Crippen LogP contribution < -0.4 is 16.0 Å². The molecule has 1 rings (SSSR count). The summed E-state index contributed by atoms with van der Waals surface area (Å²) in [5, 5.41) is 8.59. The molecule has 1 unspecified atom stereocenters. The fourth-order valence-corrected chi connectivity index (χ4v) is 2.71. The van der Waals surface area contributed by atoms with Gasteiger partial charge in [-0.1, -0.05) is 33.1 Å². The van der Waals surface area contributed by atoms with Crippen molar-refractivity contribution in [1.82, 2.24) is 16.0 Å². The van der Waals surface area contributed by atoms with Crippen LogP contribution in [-0.4, -0.2) is 29.9 Å². The van der Waals surface area contributed by atoms with E-state index in [1.54, 1.807) is 0 Å². The molecule has 1 saturated carbocycles. The van der Waals surface area contributed by atoms with Crippen LogP contribution in [0.15, 0.2) is 0 Å². The zero-order chi connectivity index (χ0) is 17.5. The number of alkyl carbamates (subject to hydrolysis) is 1. The van der Waals surface area contributed by atoms with Crippen LogP contribution in [-0.2, 0) is 4.74 Å². The Hall–Kier alpha value is -1.46. The number of urea groups is 1. The molecule has 3 amide bonds. The van der Waals surface area contributed by atoms with Gasteiger partial charge in [-0.15, -0.1) is 0 Å². The Morgan fingerprint density at radius 1 is 1.09 bits per heavy atom. The van der Waals surface area contributed by atoms with E-state index in [0.29, 0.717) is 12.3 Å². The topological polar surface area (TPSA) is 79.5 Å². The second-order valence-corrected chi connectivity index (χ2v) is 7.78. The molecule has 0 aromatic carbocycles. The standard InChI is InChI=1S/C17H33N3O3/c1-12(2)11-14(20-16(22)23-17(3,4)5)19-15(21)18-13-9-7-6-8-10-13/h12-14H,6-11H2,1-5H3,(H,20,22)(H2,18,19,21). The average Bonchev–Trinajstić information content (AvgIpc) is 2.36. The van der Waals surface area contributed by atoms with Gasteiger partial charge in [0, 0.05) is 6.04 Å². The maximum Gasteiger partial charge on any atom is 0.409 e. The second kappa shape index (κ2) is 8.99. The molecule has 3 N–H and O–H groups in total. The molecular formula is C17H33N3O3. The number of rotatable bonds is 5. The van der Waals surface area contributed by atoms with Crippen LogP contribution >= 0.6 is 0 Å². The maximum atomic E-state index is 12.2. The molecule has 1 fully saturated rings. The van der Waals surface area contributed by atoms with Gasteiger partial charge in [-0.25, -0.2) is 9.59 Å². The molecule has 1 atom stereocenters. The molecule has 1 aliphatic carbocycles. The number of carbonyl (C=O) groups is 2. The third kappa shape index (κ3) is 9.31. The first-order valence-electron chi connectivity index (χ1n) is 8.72. The lowest BCUT2D eigenvalue weighted by Gasteiger charge is -2.27. The average molecular weight is 327 g/mol. The molecule has 1 aliphatic rings. The zero-order valence-electron chi connectivity index (χ0n) is 15.2. The number of amides is 3. The van der Waals surface area contributed by atoms with Crippen LogP contribution in [0.4, 0.5) is 9.59 Å². The first-order chi connectivity index (χ1) is 10.7. The molecular weight excluding hydrogens is 294 g/mol. The minimum absolute atomic E-state index is 0.224. The largest absolute Gasteiger partial charge is 0.444 e. The van der Waals surface area contributed by atoms with E-state index in [2.05, 4.69) is 16.0 Å². The van der Waals surface area contributed by atoms with Crippen molar-refractivity contribution in [2.75, 3.05) is 0 Å². The lowest BCUT2D eigenvalue weighted by atomic mass is 9.96. The zero-order valence-corrected chi connectivity index (χ0v) is 15.2. The minimum atomic E-state index is -0.559. The van der Waals surface area contributed by atoms with Gasteiger partial charge in [-0.2, -0.15) is 0 Å². The van der Waals surface area contributed by atoms with Crippen molar-refractivity contribution in [1.29, 1.82) is 0 Å². The second-order valence-electron chi connectivity index (χ2n) is 7.78. The molecule has 0 bridgehead atoms. The van der Waals surface area contributed by atoms with Gasteiger partial charge < -0.3 is 20.7 Å². The Labute approximate surface area is 140 Å². The number of nitrogens with one attached hydrogen (secondary N) is 3. The molecule has 23 heavy (non-hydrogen) atoms. The third-order valence-corrected chi connectivity index (χ3v) is 3.64. The molecule has 6 nitrogen and oxygen atoms in total. The summed E-state index contributed by atoms with van der Waals surface area (Å²) in [4.78, 5) is 24.1. The van der Waals surface area contributed by atoms with Crippen LogP contribution in [0, 0.1) is 5.92 Å². The van der Waals surface area contributed by atoms with Crippen molar-refractivity contribution in [2.24, 2.45) is 5.92 Å². The summed E-state index contributed by atoms with van der Waals surface area (Å²) in [5.74, 6) is 0.338. The van der Waals surface area contributed by atoms with Crippen LogP contribution in [0.1, 0.15) is 73.1 Å². The van der Waals surface area contributed by atoms with Gasteiger partial charge in [0.1, 0.15) is 11.8 Å². The van der Waals surface area contributed by atoms with Crippen LogP contribution in [0.5, 0.6) is 0 Å².